The van der Waals surface area contributed by atoms with E-state index >= 15 is 0 Å². The molecule has 0 atom stereocenters. The van der Waals surface area contributed by atoms with E-state index in [1.165, 1.54) is 24.7 Å². The molecule has 0 spiro atoms. The topological polar surface area (TPSA) is 47.6 Å². The van der Waals surface area contributed by atoms with Crippen LogP contribution in [0, 0.1) is 22.7 Å². The zero-order valence-electron chi connectivity index (χ0n) is 14.3. The maximum Gasteiger partial charge on any atom is 0.136 e. The Kier molecular flexibility index (Phi) is 4.24. The minimum Gasteiger partial charge on any atom is -0.192 e. The Morgan fingerprint density at radius 1 is 0.731 bits per heavy atom. The highest BCUT2D eigenvalue weighted by Crippen LogP contribution is 2.48. The van der Waals surface area contributed by atoms with E-state index in [4.69, 9.17) is 10.5 Å². The number of fused-ring (bicyclic) bond motifs is 2. The first-order chi connectivity index (χ1) is 12.6. The van der Waals surface area contributed by atoms with Crippen LogP contribution in [-0.4, -0.2) is 0 Å². The van der Waals surface area contributed by atoms with Gasteiger partial charge < -0.3 is 0 Å². The van der Waals surface area contributed by atoms with E-state index in [1.807, 2.05) is 53.9 Å². The molecule has 0 saturated carbocycles. The molecule has 4 rings (SSSR count). The van der Waals surface area contributed by atoms with Gasteiger partial charge in [0.2, 0.25) is 0 Å². The van der Waals surface area contributed by atoms with Crippen molar-refractivity contribution < 1.29 is 0 Å². The first kappa shape index (κ1) is 16.8. The molecule has 0 bridgehead atoms. The molecule has 1 heterocycles. The lowest BCUT2D eigenvalue weighted by Gasteiger charge is -2.04. The quantitative estimate of drug-likeness (QED) is 0.523. The average Bonchev–Trinajstić information content (AvgIpc) is 2.99. The van der Waals surface area contributed by atoms with Crippen molar-refractivity contribution in [2.45, 2.75) is 13.8 Å². The molecule has 0 fully saturated rings. The van der Waals surface area contributed by atoms with Crippen LogP contribution in [0.3, 0.4) is 0 Å². The Balaban J connectivity index is 1.92. The maximum atomic E-state index is 9.08. The Morgan fingerprint density at radius 3 is 1.92 bits per heavy atom. The molecule has 124 valence electrons. The Morgan fingerprint density at radius 2 is 1.31 bits per heavy atom. The minimum absolute atomic E-state index is 0.146. The molecule has 0 aliphatic carbocycles. The predicted molar refractivity (Wildman–Crippen MR) is 112 cm³/mol. The van der Waals surface area contributed by atoms with Crippen molar-refractivity contribution in [3.8, 4) is 12.1 Å². The van der Waals surface area contributed by atoms with Crippen molar-refractivity contribution in [1.82, 2.24) is 0 Å². The lowest BCUT2D eigenvalue weighted by atomic mass is 10.0. The van der Waals surface area contributed by atoms with Crippen LogP contribution in [0.25, 0.3) is 31.4 Å². The van der Waals surface area contributed by atoms with Crippen molar-refractivity contribution in [3.63, 3.8) is 0 Å². The van der Waals surface area contributed by atoms with E-state index in [0.717, 1.165) is 16.2 Å². The second-order valence-electron chi connectivity index (χ2n) is 6.18. The first-order valence-corrected chi connectivity index (χ1v) is 9.78. The largest absolute Gasteiger partial charge is 0.192 e. The standard InChI is InChI=1S/C22H14N2S2/c1-13-14(2)26-22(25-13)18-6-5-16-7-19-9-17(21(11-23)12-24)4-3-15(19)8-20(16)10-18/h3-10H,1-2H3. The van der Waals surface area contributed by atoms with Crippen LogP contribution in [0.5, 0.6) is 0 Å². The van der Waals surface area contributed by atoms with E-state index in [9.17, 15) is 0 Å². The molecule has 0 amide bonds. The molecule has 1 aliphatic heterocycles. The fourth-order valence-corrected chi connectivity index (χ4v) is 5.49. The molecule has 0 radical (unpaired) electrons. The van der Waals surface area contributed by atoms with Gasteiger partial charge in [-0.3, -0.25) is 0 Å². The molecule has 0 saturated heterocycles. The van der Waals surface area contributed by atoms with E-state index in [-0.39, 0.29) is 5.57 Å². The van der Waals surface area contributed by atoms with Gasteiger partial charge in [0.15, 0.2) is 0 Å². The molecular formula is C22H14N2S2. The second-order valence-corrected chi connectivity index (χ2v) is 8.89. The molecule has 1 aliphatic rings. The number of hydrogen-bond acceptors (Lipinski definition) is 4. The summed E-state index contributed by atoms with van der Waals surface area (Å²) in [6, 6.07) is 20.5. The third-order valence-electron chi connectivity index (χ3n) is 4.53. The number of hydrogen-bond donors (Lipinski definition) is 0. The maximum absolute atomic E-state index is 9.08. The SMILES string of the molecule is CC1=C(C)SC(=c2ccc3cc4cc(=C(C#N)C#N)ccc4cc3c2)S1. The fraction of sp³-hybridized carbons (Fsp3) is 0.0909. The van der Waals surface area contributed by atoms with Crippen LogP contribution >= 0.6 is 23.5 Å². The molecule has 2 nitrogen and oxygen atoms in total. The number of allylic oxidation sites excluding steroid dienone is 2. The highest BCUT2D eigenvalue weighted by atomic mass is 32.2. The number of rotatable bonds is 0. The zero-order chi connectivity index (χ0) is 18.3. The highest BCUT2D eigenvalue weighted by molar-refractivity contribution is 8.35. The van der Waals surface area contributed by atoms with Crippen molar-refractivity contribution in [3.05, 3.63) is 68.8 Å². The van der Waals surface area contributed by atoms with Gasteiger partial charge in [-0.15, -0.1) is 0 Å². The number of nitriles is 2. The predicted octanol–water partition coefficient (Wildman–Crippen LogP) is 4.99. The second kappa shape index (κ2) is 6.57. The molecule has 0 N–H and O–H groups in total. The number of benzene rings is 3. The van der Waals surface area contributed by atoms with Crippen molar-refractivity contribution in [2.75, 3.05) is 0 Å². The van der Waals surface area contributed by atoms with Crippen LogP contribution in [0.2, 0.25) is 0 Å². The zero-order valence-corrected chi connectivity index (χ0v) is 16.0. The van der Waals surface area contributed by atoms with E-state index < -0.39 is 0 Å². The third kappa shape index (κ3) is 2.88. The average molecular weight is 371 g/mol. The summed E-state index contributed by atoms with van der Waals surface area (Å²) in [4.78, 5) is 2.75. The monoisotopic (exact) mass is 370 g/mol. The summed E-state index contributed by atoms with van der Waals surface area (Å²) >= 11 is 3.69. The number of nitrogens with zero attached hydrogens (tertiary/aromatic N) is 2. The van der Waals surface area contributed by atoms with E-state index in [2.05, 4.69) is 44.2 Å². The van der Waals surface area contributed by atoms with Crippen LogP contribution in [0.15, 0.2) is 58.3 Å². The molecule has 0 unspecified atom stereocenters. The lowest BCUT2D eigenvalue weighted by Crippen LogP contribution is -2.03. The van der Waals surface area contributed by atoms with Crippen molar-refractivity contribution >= 4 is 54.9 Å². The van der Waals surface area contributed by atoms with Crippen LogP contribution in [0.1, 0.15) is 13.8 Å². The van der Waals surface area contributed by atoms with Gasteiger partial charge >= 0.3 is 0 Å². The molecule has 3 aromatic rings. The van der Waals surface area contributed by atoms with E-state index in [1.54, 1.807) is 0 Å². The smallest absolute Gasteiger partial charge is 0.136 e. The molecule has 4 heteroatoms. The van der Waals surface area contributed by atoms with Crippen molar-refractivity contribution in [2.24, 2.45) is 0 Å². The summed E-state index contributed by atoms with van der Waals surface area (Å²) in [5.41, 5.74) is 0.146. The highest BCUT2D eigenvalue weighted by Gasteiger charge is 2.14. The summed E-state index contributed by atoms with van der Waals surface area (Å²) < 4.78 is 1.33. The van der Waals surface area contributed by atoms with Gasteiger partial charge in [-0.05, 0) is 74.7 Å². The van der Waals surface area contributed by atoms with Gasteiger partial charge in [-0.2, -0.15) is 10.5 Å². The number of thioether (sulfide) groups is 2. The third-order valence-corrected chi connectivity index (χ3v) is 7.23. The lowest BCUT2D eigenvalue weighted by molar-refractivity contribution is 1.49. The normalized spacial score (nSPS) is 13.9. The Labute approximate surface area is 160 Å². The van der Waals surface area contributed by atoms with Crippen LogP contribution in [0.4, 0.5) is 0 Å². The first-order valence-electron chi connectivity index (χ1n) is 8.14. The van der Waals surface area contributed by atoms with Gasteiger partial charge in [0.1, 0.15) is 17.7 Å². The molecule has 3 aromatic carbocycles. The van der Waals surface area contributed by atoms with Gasteiger partial charge in [0.25, 0.3) is 0 Å². The summed E-state index contributed by atoms with van der Waals surface area (Å²) in [5, 5.41) is 24.6. The van der Waals surface area contributed by atoms with Crippen molar-refractivity contribution in [1.29, 1.82) is 10.5 Å². The Bertz CT molecular complexity index is 1290. The van der Waals surface area contributed by atoms with E-state index in [0.29, 0.717) is 5.22 Å². The fourth-order valence-electron chi connectivity index (χ4n) is 2.99. The van der Waals surface area contributed by atoms with Gasteiger partial charge in [-0.25, -0.2) is 0 Å². The van der Waals surface area contributed by atoms with Crippen LogP contribution < -0.4 is 10.4 Å². The molecule has 26 heavy (non-hydrogen) atoms. The van der Waals surface area contributed by atoms with Gasteiger partial charge in [0.05, 0.1) is 4.24 Å². The van der Waals surface area contributed by atoms with Crippen LogP contribution in [-0.2, 0) is 0 Å². The Hall–Kier alpha value is -2.66. The molecular weight excluding hydrogens is 356 g/mol. The minimum atomic E-state index is 0.146. The summed E-state index contributed by atoms with van der Waals surface area (Å²) in [7, 11) is 0. The van der Waals surface area contributed by atoms with Gasteiger partial charge in [0, 0.05) is 5.22 Å². The molecule has 0 aromatic heterocycles. The van der Waals surface area contributed by atoms with Gasteiger partial charge in [-0.1, -0.05) is 47.8 Å². The summed E-state index contributed by atoms with van der Waals surface area (Å²) in [6.45, 7) is 4.33. The summed E-state index contributed by atoms with van der Waals surface area (Å²) in [6.07, 6.45) is 0. The summed E-state index contributed by atoms with van der Waals surface area (Å²) in [5.74, 6) is 0.